The van der Waals surface area contributed by atoms with Gasteiger partial charge in [0.1, 0.15) is 0 Å². The Morgan fingerprint density at radius 3 is 1.79 bits per heavy atom. The summed E-state index contributed by atoms with van der Waals surface area (Å²) in [5, 5.41) is 19.2. The number of aliphatic carboxylic acids is 2. The van der Waals surface area contributed by atoms with E-state index >= 15 is 0 Å². The van der Waals surface area contributed by atoms with E-state index < -0.39 is 17.4 Å². The van der Waals surface area contributed by atoms with Crippen LogP contribution in [0.4, 0.5) is 0 Å². The van der Waals surface area contributed by atoms with Gasteiger partial charge >= 0.3 is 60.8 Å². The molecule has 1 aliphatic carbocycles. The predicted octanol–water partition coefficient (Wildman–Crippen LogP) is 2.24. The first kappa shape index (κ1) is 19.5. The summed E-state index contributed by atoms with van der Waals surface area (Å²) in [6, 6.07) is 0. The van der Waals surface area contributed by atoms with Crippen molar-refractivity contribution in [3.63, 3.8) is 0 Å². The van der Waals surface area contributed by atoms with Crippen molar-refractivity contribution in [1.82, 2.24) is 0 Å². The van der Waals surface area contributed by atoms with Gasteiger partial charge in [-0.2, -0.15) is 0 Å². The molecule has 4 nitrogen and oxygen atoms in total. The molecule has 0 aliphatic heterocycles. The summed E-state index contributed by atoms with van der Waals surface area (Å²) in [5.41, 5.74) is -1.58. The molecule has 5 heteroatoms. The monoisotopic (exact) mass is 396 g/mol. The Morgan fingerprint density at radius 2 is 1.47 bits per heavy atom. The summed E-state index contributed by atoms with van der Waals surface area (Å²) in [6.07, 6.45) is 5.66. The van der Waals surface area contributed by atoms with Gasteiger partial charge in [0.2, 0.25) is 0 Å². The van der Waals surface area contributed by atoms with Gasteiger partial charge in [0.15, 0.2) is 5.41 Å². The predicted molar refractivity (Wildman–Crippen MR) is 76.9 cm³/mol. The Balaban J connectivity index is 0.00000324. The summed E-state index contributed by atoms with van der Waals surface area (Å²) in [4.78, 5) is 23.5. The molecule has 0 heterocycles. The molecule has 0 spiro atoms. The number of hydrogen-bond donors (Lipinski definition) is 2. The molecule has 1 saturated carbocycles. The molecule has 1 rings (SSSR count). The van der Waals surface area contributed by atoms with Crippen LogP contribution in [0.2, 0.25) is 0 Å². The molecule has 108 valence electrons. The minimum atomic E-state index is -1.58. The molecule has 0 aromatic rings. The van der Waals surface area contributed by atoms with Crippen LogP contribution in [0.3, 0.4) is 0 Å². The Bertz CT molecular complexity index is 293. The number of rotatable bonds is 6. The normalized spacial score (nSPS) is 17.0. The fourth-order valence-electron chi connectivity index (χ4n) is 3.61. The fourth-order valence-corrected chi connectivity index (χ4v) is 3.61. The van der Waals surface area contributed by atoms with Gasteiger partial charge < -0.3 is 10.2 Å². The van der Waals surface area contributed by atoms with Crippen molar-refractivity contribution in [2.24, 2.45) is 17.3 Å². The zero-order valence-electron chi connectivity index (χ0n) is 11.3. The number of carboxylic acids is 2. The zero-order chi connectivity index (χ0) is 13.8. The van der Waals surface area contributed by atoms with Gasteiger partial charge in [0, 0.05) is 0 Å². The van der Waals surface area contributed by atoms with Crippen LogP contribution in [-0.2, 0) is 9.59 Å². The molecule has 0 amide bonds. The maximum absolute atomic E-state index is 11.7. The summed E-state index contributed by atoms with van der Waals surface area (Å²) in [6.45, 7) is 3.77. The van der Waals surface area contributed by atoms with Crippen LogP contribution >= 0.6 is 0 Å². The summed E-state index contributed by atoms with van der Waals surface area (Å²) >= 11 is 0. The zero-order valence-corrected chi connectivity index (χ0v) is 11.3. The van der Waals surface area contributed by atoms with Crippen molar-refractivity contribution >= 4 is 60.8 Å². The minimum absolute atomic E-state index is 0. The van der Waals surface area contributed by atoms with Gasteiger partial charge in [-0.25, -0.2) is 0 Å². The van der Waals surface area contributed by atoms with Crippen LogP contribution < -0.4 is 0 Å². The average Bonchev–Trinajstić information content (AvgIpc) is 2.35. The van der Waals surface area contributed by atoms with Crippen LogP contribution in [0, 0.1) is 17.3 Å². The molecule has 0 saturated heterocycles. The van der Waals surface area contributed by atoms with Gasteiger partial charge in [0.25, 0.3) is 0 Å². The van der Waals surface area contributed by atoms with Crippen LogP contribution in [0.25, 0.3) is 0 Å². The van der Waals surface area contributed by atoms with E-state index in [1.54, 1.807) is 0 Å². The first-order valence-corrected chi connectivity index (χ1v) is 6.98. The van der Waals surface area contributed by atoms with E-state index in [1.807, 2.05) is 13.8 Å². The van der Waals surface area contributed by atoms with Gasteiger partial charge in [-0.05, 0) is 24.7 Å². The van der Waals surface area contributed by atoms with Crippen molar-refractivity contribution in [2.45, 2.75) is 58.8 Å². The van der Waals surface area contributed by atoms with E-state index in [0.29, 0.717) is 12.8 Å². The van der Waals surface area contributed by atoms with Gasteiger partial charge in [-0.1, -0.05) is 46.0 Å². The third-order valence-electron chi connectivity index (χ3n) is 4.59. The summed E-state index contributed by atoms with van der Waals surface area (Å²) in [7, 11) is 0. The van der Waals surface area contributed by atoms with Gasteiger partial charge in [-0.15, -0.1) is 0 Å². The van der Waals surface area contributed by atoms with E-state index in [2.05, 4.69) is 0 Å². The average molecular weight is 396 g/mol. The number of carbonyl (C=O) groups is 2. The fraction of sp³-hybridized carbons (Fsp3) is 0.857. The Labute approximate surface area is 155 Å². The van der Waals surface area contributed by atoms with Crippen molar-refractivity contribution in [2.75, 3.05) is 0 Å². The molecule has 0 bridgehead atoms. The van der Waals surface area contributed by atoms with Crippen molar-refractivity contribution in [1.29, 1.82) is 0 Å². The van der Waals surface area contributed by atoms with Crippen LogP contribution in [-0.4, -0.2) is 71.0 Å². The van der Waals surface area contributed by atoms with Crippen LogP contribution in [0.15, 0.2) is 0 Å². The second-order valence-corrected chi connectivity index (χ2v) is 5.33. The molecule has 19 heavy (non-hydrogen) atoms. The number of hydrogen-bond acceptors (Lipinski definition) is 2. The molecule has 0 radical (unpaired) electrons. The summed E-state index contributed by atoms with van der Waals surface area (Å²) < 4.78 is 0. The van der Waals surface area contributed by atoms with Crippen molar-refractivity contribution in [3.8, 4) is 0 Å². The molecule has 1 fully saturated rings. The molecule has 0 aromatic carbocycles. The van der Waals surface area contributed by atoms with Crippen molar-refractivity contribution < 1.29 is 19.8 Å². The number of carboxylic acid groups (broad SMARTS) is 2. The van der Waals surface area contributed by atoms with E-state index in [9.17, 15) is 19.8 Å². The second-order valence-electron chi connectivity index (χ2n) is 5.33. The second kappa shape index (κ2) is 8.72. The molecule has 0 unspecified atom stereocenters. The molecular weight excluding hydrogens is 369 g/mol. The van der Waals surface area contributed by atoms with Gasteiger partial charge in [-0.3, -0.25) is 9.59 Å². The summed E-state index contributed by atoms with van der Waals surface area (Å²) in [5.74, 6) is -2.78. The molecule has 0 atom stereocenters. The third-order valence-corrected chi connectivity index (χ3v) is 4.59. The van der Waals surface area contributed by atoms with E-state index in [4.69, 9.17) is 0 Å². The van der Waals surface area contributed by atoms with E-state index in [-0.39, 0.29) is 60.7 Å². The topological polar surface area (TPSA) is 74.6 Å². The Hall–Kier alpha value is 0.511. The maximum atomic E-state index is 11.7. The van der Waals surface area contributed by atoms with Crippen LogP contribution in [0.1, 0.15) is 58.8 Å². The van der Waals surface area contributed by atoms with Crippen LogP contribution in [0.5, 0.6) is 0 Å². The van der Waals surface area contributed by atoms with Gasteiger partial charge in [0.05, 0.1) is 0 Å². The molecule has 2 N–H and O–H groups in total. The quantitative estimate of drug-likeness (QED) is 0.534. The Kier molecular flexibility index (Phi) is 8.96. The first-order valence-electron chi connectivity index (χ1n) is 6.98. The third kappa shape index (κ3) is 3.79. The van der Waals surface area contributed by atoms with Crippen molar-refractivity contribution in [3.05, 3.63) is 0 Å². The molecule has 1 aliphatic rings. The SMILES string of the molecule is CCC(CC)C(C(=O)O)(C(=O)O)C1CCCCC1.[BaH2]. The first-order chi connectivity index (χ1) is 8.51. The van der Waals surface area contributed by atoms with E-state index in [0.717, 1.165) is 32.1 Å². The Morgan fingerprint density at radius 1 is 1.05 bits per heavy atom. The standard InChI is InChI=1S/C14H24O4.Ba.2H/c1-3-10(4-2)14(12(15)16,13(17)18)11-8-6-5-7-9-11;;;/h10-11H,3-9H2,1-2H3,(H,15,16)(H,17,18);;;. The van der Waals surface area contributed by atoms with E-state index in [1.165, 1.54) is 0 Å². The molecular formula is C14H26BaO4. The molecule has 0 aromatic heterocycles.